The van der Waals surface area contributed by atoms with Gasteiger partial charge < -0.3 is 10.1 Å². The van der Waals surface area contributed by atoms with E-state index in [1.165, 1.54) is 38.8 Å². The minimum Gasteiger partial charge on any atom is -0.381 e. The lowest BCUT2D eigenvalue weighted by molar-refractivity contribution is -0.0303. The molecule has 0 spiro atoms. The van der Waals surface area contributed by atoms with Crippen LogP contribution in [0.15, 0.2) is 0 Å². The topological polar surface area (TPSA) is 24.5 Å². The van der Waals surface area contributed by atoms with Crippen LogP contribution in [0.2, 0.25) is 0 Å². The lowest BCUT2D eigenvalue weighted by atomic mass is 9.81. The molecule has 1 N–H and O–H groups in total. The van der Waals surface area contributed by atoms with Crippen LogP contribution >= 0.6 is 0 Å². The van der Waals surface area contributed by atoms with E-state index in [2.05, 4.69) is 31.0 Å². The second kappa shape index (κ2) is 7.05. The Morgan fingerprint density at radius 3 is 2.84 bits per heavy atom. The molecule has 2 heterocycles. The zero-order chi connectivity index (χ0) is 13.7. The first kappa shape index (κ1) is 15.3. The van der Waals surface area contributed by atoms with Gasteiger partial charge in [-0.1, -0.05) is 20.8 Å². The molecule has 19 heavy (non-hydrogen) atoms. The summed E-state index contributed by atoms with van der Waals surface area (Å²) in [6, 6.07) is 0.792. The Bertz CT molecular complexity index is 261. The monoisotopic (exact) mass is 268 g/mol. The third kappa shape index (κ3) is 3.93. The summed E-state index contributed by atoms with van der Waals surface area (Å²) in [5.74, 6) is 0.781. The average molecular weight is 268 g/mol. The molecule has 0 bridgehead atoms. The zero-order valence-electron chi connectivity index (χ0n) is 13.1. The molecular formula is C16H32N2O. The van der Waals surface area contributed by atoms with Crippen molar-refractivity contribution in [1.29, 1.82) is 0 Å². The van der Waals surface area contributed by atoms with E-state index in [0.717, 1.165) is 38.3 Å². The highest BCUT2D eigenvalue weighted by Gasteiger charge is 2.38. The standard InChI is InChI=1S/C16H32N2O/c1-4-17-11-16(8-6-10-19-13-16)12-18-9-5-7-15(18)14(2)3/h14-15,17H,4-13H2,1-3H3. The summed E-state index contributed by atoms with van der Waals surface area (Å²) in [7, 11) is 0. The fourth-order valence-corrected chi connectivity index (χ4v) is 3.85. The summed E-state index contributed by atoms with van der Waals surface area (Å²) in [5, 5.41) is 3.57. The fourth-order valence-electron chi connectivity index (χ4n) is 3.85. The van der Waals surface area contributed by atoms with Gasteiger partial charge in [0.15, 0.2) is 0 Å². The van der Waals surface area contributed by atoms with Gasteiger partial charge in [0.2, 0.25) is 0 Å². The number of hydrogen-bond acceptors (Lipinski definition) is 3. The summed E-state index contributed by atoms with van der Waals surface area (Å²) >= 11 is 0. The predicted molar refractivity (Wildman–Crippen MR) is 80.5 cm³/mol. The summed E-state index contributed by atoms with van der Waals surface area (Å²) in [4.78, 5) is 2.75. The van der Waals surface area contributed by atoms with Gasteiger partial charge in [-0.25, -0.2) is 0 Å². The molecule has 0 saturated carbocycles. The molecule has 2 atom stereocenters. The van der Waals surface area contributed by atoms with Crippen molar-refractivity contribution in [3.05, 3.63) is 0 Å². The Morgan fingerprint density at radius 2 is 2.21 bits per heavy atom. The zero-order valence-corrected chi connectivity index (χ0v) is 13.1. The van der Waals surface area contributed by atoms with Crippen LogP contribution in [0.25, 0.3) is 0 Å². The van der Waals surface area contributed by atoms with Crippen LogP contribution in [0.1, 0.15) is 46.5 Å². The third-order valence-electron chi connectivity index (χ3n) is 4.88. The van der Waals surface area contributed by atoms with Crippen LogP contribution < -0.4 is 5.32 Å². The van der Waals surface area contributed by atoms with Gasteiger partial charge in [-0.15, -0.1) is 0 Å². The van der Waals surface area contributed by atoms with Gasteiger partial charge in [0.1, 0.15) is 0 Å². The van der Waals surface area contributed by atoms with Crippen molar-refractivity contribution >= 4 is 0 Å². The molecule has 2 fully saturated rings. The van der Waals surface area contributed by atoms with Crippen molar-refractivity contribution in [2.75, 3.05) is 39.4 Å². The summed E-state index contributed by atoms with van der Waals surface area (Å²) < 4.78 is 5.82. The summed E-state index contributed by atoms with van der Waals surface area (Å²) in [5.41, 5.74) is 0.353. The van der Waals surface area contributed by atoms with Gasteiger partial charge in [-0.3, -0.25) is 4.90 Å². The van der Waals surface area contributed by atoms with E-state index < -0.39 is 0 Å². The number of likely N-dealkylation sites (tertiary alicyclic amines) is 1. The molecule has 0 radical (unpaired) electrons. The maximum Gasteiger partial charge on any atom is 0.0546 e. The molecule has 2 saturated heterocycles. The maximum absolute atomic E-state index is 5.82. The molecule has 0 amide bonds. The predicted octanol–water partition coefficient (Wildman–Crippen LogP) is 2.51. The molecule has 2 rings (SSSR count). The molecule has 0 aromatic rings. The van der Waals surface area contributed by atoms with Crippen LogP contribution in [0.4, 0.5) is 0 Å². The van der Waals surface area contributed by atoms with E-state index in [1.807, 2.05) is 0 Å². The van der Waals surface area contributed by atoms with Gasteiger partial charge in [0.25, 0.3) is 0 Å². The molecule has 3 nitrogen and oxygen atoms in total. The van der Waals surface area contributed by atoms with Crippen LogP contribution in [0.5, 0.6) is 0 Å². The SMILES string of the molecule is CCNCC1(CN2CCCC2C(C)C)CCCOC1. The Labute approximate surface area is 119 Å². The van der Waals surface area contributed by atoms with Crippen molar-refractivity contribution in [1.82, 2.24) is 10.2 Å². The van der Waals surface area contributed by atoms with E-state index in [-0.39, 0.29) is 0 Å². The lowest BCUT2D eigenvalue weighted by Crippen LogP contribution is -2.50. The highest BCUT2D eigenvalue weighted by molar-refractivity contribution is 4.91. The van der Waals surface area contributed by atoms with Gasteiger partial charge in [-0.05, 0) is 44.7 Å². The molecule has 2 aliphatic heterocycles. The number of rotatable bonds is 6. The van der Waals surface area contributed by atoms with E-state index in [4.69, 9.17) is 4.74 Å². The minimum absolute atomic E-state index is 0.353. The number of hydrogen-bond donors (Lipinski definition) is 1. The minimum atomic E-state index is 0.353. The Hall–Kier alpha value is -0.120. The largest absolute Gasteiger partial charge is 0.381 e. The first-order valence-corrected chi connectivity index (χ1v) is 8.19. The van der Waals surface area contributed by atoms with Crippen LogP contribution in [-0.4, -0.2) is 50.3 Å². The normalized spacial score (nSPS) is 33.2. The molecule has 2 unspecified atom stereocenters. The van der Waals surface area contributed by atoms with Crippen LogP contribution in [0.3, 0.4) is 0 Å². The highest BCUT2D eigenvalue weighted by Crippen LogP contribution is 2.33. The number of nitrogens with zero attached hydrogens (tertiary/aromatic N) is 1. The number of ether oxygens (including phenoxy) is 1. The second-order valence-electron chi connectivity index (χ2n) is 6.86. The molecule has 0 aliphatic carbocycles. The van der Waals surface area contributed by atoms with Crippen molar-refractivity contribution in [3.63, 3.8) is 0 Å². The highest BCUT2D eigenvalue weighted by atomic mass is 16.5. The third-order valence-corrected chi connectivity index (χ3v) is 4.88. The van der Waals surface area contributed by atoms with E-state index >= 15 is 0 Å². The van der Waals surface area contributed by atoms with Crippen LogP contribution in [-0.2, 0) is 4.74 Å². The molecule has 0 aromatic carbocycles. The van der Waals surface area contributed by atoms with Gasteiger partial charge in [0.05, 0.1) is 6.61 Å². The van der Waals surface area contributed by atoms with E-state index in [0.29, 0.717) is 5.41 Å². The van der Waals surface area contributed by atoms with Gasteiger partial charge in [-0.2, -0.15) is 0 Å². The van der Waals surface area contributed by atoms with Gasteiger partial charge in [0, 0.05) is 31.2 Å². The summed E-state index contributed by atoms with van der Waals surface area (Å²) in [6.45, 7) is 13.5. The molecule has 112 valence electrons. The fraction of sp³-hybridized carbons (Fsp3) is 1.00. The van der Waals surface area contributed by atoms with E-state index in [9.17, 15) is 0 Å². The Kier molecular flexibility index (Phi) is 5.67. The number of nitrogens with one attached hydrogen (secondary N) is 1. The molecule has 0 aromatic heterocycles. The maximum atomic E-state index is 5.82. The van der Waals surface area contributed by atoms with Crippen molar-refractivity contribution in [3.8, 4) is 0 Å². The molecule has 3 heteroatoms. The smallest absolute Gasteiger partial charge is 0.0546 e. The Balaban J connectivity index is 1.98. The summed E-state index contributed by atoms with van der Waals surface area (Å²) in [6.07, 6.45) is 5.31. The van der Waals surface area contributed by atoms with Crippen molar-refractivity contribution in [2.45, 2.75) is 52.5 Å². The molecular weight excluding hydrogens is 236 g/mol. The molecule has 2 aliphatic rings. The van der Waals surface area contributed by atoms with Crippen molar-refractivity contribution in [2.24, 2.45) is 11.3 Å². The second-order valence-corrected chi connectivity index (χ2v) is 6.86. The quantitative estimate of drug-likeness (QED) is 0.801. The first-order chi connectivity index (χ1) is 9.17. The van der Waals surface area contributed by atoms with Crippen molar-refractivity contribution < 1.29 is 4.74 Å². The Morgan fingerprint density at radius 1 is 1.37 bits per heavy atom. The lowest BCUT2D eigenvalue weighted by Gasteiger charge is -2.42. The van der Waals surface area contributed by atoms with E-state index in [1.54, 1.807) is 0 Å². The first-order valence-electron chi connectivity index (χ1n) is 8.19. The van der Waals surface area contributed by atoms with Crippen LogP contribution in [0, 0.1) is 11.3 Å². The van der Waals surface area contributed by atoms with Gasteiger partial charge >= 0.3 is 0 Å². The average Bonchev–Trinajstić information content (AvgIpc) is 2.86.